The zero-order valence-corrected chi connectivity index (χ0v) is 17.5. The molecular formula is C21H23ClN2O4S. The van der Waals surface area contributed by atoms with Gasteiger partial charge in [0.15, 0.2) is 0 Å². The van der Waals surface area contributed by atoms with E-state index in [0.717, 1.165) is 18.4 Å². The van der Waals surface area contributed by atoms with Gasteiger partial charge in [0.05, 0.1) is 21.6 Å². The van der Waals surface area contributed by atoms with Crippen molar-refractivity contribution in [2.24, 2.45) is 0 Å². The molecule has 2 aliphatic heterocycles. The third-order valence-electron chi connectivity index (χ3n) is 5.43. The Morgan fingerprint density at radius 3 is 2.76 bits per heavy atom. The Kier molecular flexibility index (Phi) is 5.92. The van der Waals surface area contributed by atoms with Crippen molar-refractivity contribution in [1.82, 2.24) is 9.62 Å². The second-order valence-corrected chi connectivity index (χ2v) is 9.69. The number of nitrogens with zero attached hydrogens (tertiary/aromatic N) is 1. The van der Waals surface area contributed by atoms with Gasteiger partial charge in [0.2, 0.25) is 10.0 Å². The summed E-state index contributed by atoms with van der Waals surface area (Å²) in [5.41, 5.74) is 2.33. The van der Waals surface area contributed by atoms with Crippen molar-refractivity contribution in [3.8, 4) is 0 Å². The molecule has 0 aliphatic carbocycles. The minimum atomic E-state index is -3.74. The fraction of sp³-hybridized carbons (Fsp3) is 0.381. The van der Waals surface area contributed by atoms with E-state index < -0.39 is 15.9 Å². The van der Waals surface area contributed by atoms with E-state index in [1.54, 1.807) is 0 Å². The Morgan fingerprint density at radius 2 is 2.00 bits per heavy atom. The van der Waals surface area contributed by atoms with Gasteiger partial charge in [-0.05, 0) is 48.6 Å². The van der Waals surface area contributed by atoms with E-state index in [-0.39, 0.29) is 21.6 Å². The molecule has 4 rings (SSSR count). The first-order valence-electron chi connectivity index (χ1n) is 9.71. The molecule has 2 aliphatic rings. The Hall–Kier alpha value is -1.93. The number of sulfonamides is 1. The number of nitrogens with one attached hydrogen (secondary N) is 1. The molecule has 1 unspecified atom stereocenters. The van der Waals surface area contributed by atoms with Gasteiger partial charge in [-0.2, -0.15) is 4.31 Å². The van der Waals surface area contributed by atoms with Crippen LogP contribution in [0.5, 0.6) is 0 Å². The molecule has 29 heavy (non-hydrogen) atoms. The third-order valence-corrected chi connectivity index (χ3v) is 7.60. The highest BCUT2D eigenvalue weighted by Gasteiger charge is 2.29. The van der Waals surface area contributed by atoms with Crippen LogP contribution < -0.4 is 5.32 Å². The van der Waals surface area contributed by atoms with Crippen LogP contribution >= 0.6 is 11.6 Å². The summed E-state index contributed by atoms with van der Waals surface area (Å²) in [4.78, 5) is 12.7. The van der Waals surface area contributed by atoms with E-state index in [4.69, 9.17) is 16.3 Å². The van der Waals surface area contributed by atoms with Crippen molar-refractivity contribution in [2.75, 3.05) is 19.7 Å². The Labute approximate surface area is 175 Å². The lowest BCUT2D eigenvalue weighted by Gasteiger charge is -2.28. The number of rotatable bonds is 5. The SMILES string of the molecule is O=C(NCC1CCCO1)c1cc(S(=O)(=O)N2CCc3ccccc3C2)ccc1Cl. The lowest BCUT2D eigenvalue weighted by molar-refractivity contribution is 0.0857. The highest BCUT2D eigenvalue weighted by molar-refractivity contribution is 7.89. The summed E-state index contributed by atoms with van der Waals surface area (Å²) in [6, 6.07) is 12.1. The summed E-state index contributed by atoms with van der Waals surface area (Å²) >= 11 is 6.19. The predicted octanol–water partition coefficient (Wildman–Crippen LogP) is 3.00. The molecule has 1 amide bonds. The number of hydrogen-bond acceptors (Lipinski definition) is 4. The lowest BCUT2D eigenvalue weighted by Crippen LogP contribution is -2.36. The number of benzene rings is 2. The number of fused-ring (bicyclic) bond motifs is 1. The minimum Gasteiger partial charge on any atom is -0.376 e. The van der Waals surface area contributed by atoms with Crippen LogP contribution in [0.2, 0.25) is 5.02 Å². The first-order chi connectivity index (χ1) is 13.9. The summed E-state index contributed by atoms with van der Waals surface area (Å²) < 4.78 is 33.3. The fourth-order valence-corrected chi connectivity index (χ4v) is 5.42. The standard InChI is InChI=1S/C21H23ClN2O4S/c22-20-8-7-18(12-19(20)21(25)23-13-17-6-3-11-28-17)29(26,27)24-10-9-15-4-1-2-5-16(15)14-24/h1-2,4-5,7-8,12,17H,3,6,9-11,13-14H2,(H,23,25). The first-order valence-corrected chi connectivity index (χ1v) is 11.5. The van der Waals surface area contributed by atoms with Crippen LogP contribution in [0.3, 0.4) is 0 Å². The normalized spacial score (nSPS) is 19.7. The molecule has 0 bridgehead atoms. The molecule has 2 aromatic carbocycles. The van der Waals surface area contributed by atoms with Crippen molar-refractivity contribution in [1.29, 1.82) is 0 Å². The van der Waals surface area contributed by atoms with Gasteiger partial charge in [0.25, 0.3) is 5.91 Å². The van der Waals surface area contributed by atoms with E-state index in [9.17, 15) is 13.2 Å². The smallest absolute Gasteiger partial charge is 0.252 e. The minimum absolute atomic E-state index is 0.00180. The van der Waals surface area contributed by atoms with Crippen molar-refractivity contribution >= 4 is 27.5 Å². The average molecular weight is 435 g/mol. The summed E-state index contributed by atoms with van der Waals surface area (Å²) in [5, 5.41) is 3.02. The van der Waals surface area contributed by atoms with E-state index in [0.29, 0.717) is 32.7 Å². The summed E-state index contributed by atoms with van der Waals surface area (Å²) in [7, 11) is -3.74. The highest BCUT2D eigenvalue weighted by Crippen LogP contribution is 2.27. The zero-order chi connectivity index (χ0) is 20.4. The number of ether oxygens (including phenoxy) is 1. The van der Waals surface area contributed by atoms with Crippen LogP contribution in [-0.4, -0.2) is 44.4 Å². The van der Waals surface area contributed by atoms with Gasteiger partial charge in [-0.3, -0.25) is 4.79 Å². The van der Waals surface area contributed by atoms with Crippen molar-refractivity contribution in [3.05, 3.63) is 64.2 Å². The molecule has 0 spiro atoms. The van der Waals surface area contributed by atoms with Gasteiger partial charge < -0.3 is 10.1 Å². The quantitative estimate of drug-likeness (QED) is 0.784. The maximum atomic E-state index is 13.2. The molecule has 1 fully saturated rings. The molecule has 8 heteroatoms. The van der Waals surface area contributed by atoms with Crippen molar-refractivity contribution in [2.45, 2.75) is 36.8 Å². The Balaban J connectivity index is 1.53. The highest BCUT2D eigenvalue weighted by atomic mass is 35.5. The molecule has 1 N–H and O–H groups in total. The summed E-state index contributed by atoms with van der Waals surface area (Å²) in [6.07, 6.45) is 2.54. The second kappa shape index (κ2) is 8.44. The first kappa shape index (κ1) is 20.3. The molecule has 0 radical (unpaired) electrons. The van der Waals surface area contributed by atoms with E-state index in [1.807, 2.05) is 24.3 Å². The molecule has 0 saturated carbocycles. The maximum Gasteiger partial charge on any atom is 0.252 e. The number of carbonyl (C=O) groups excluding carboxylic acids is 1. The van der Waals surface area contributed by atoms with Crippen LogP contribution in [-0.2, 0) is 27.7 Å². The van der Waals surface area contributed by atoms with Crippen LogP contribution in [0.25, 0.3) is 0 Å². The van der Waals surface area contributed by atoms with Gasteiger partial charge in [-0.1, -0.05) is 35.9 Å². The summed E-state index contributed by atoms with van der Waals surface area (Å²) in [6.45, 7) is 1.81. The fourth-order valence-electron chi connectivity index (χ4n) is 3.77. The van der Waals surface area contributed by atoms with Crippen molar-refractivity contribution in [3.63, 3.8) is 0 Å². The Morgan fingerprint density at radius 1 is 1.21 bits per heavy atom. The van der Waals surface area contributed by atoms with Gasteiger partial charge in [0, 0.05) is 26.2 Å². The molecule has 0 aromatic heterocycles. The van der Waals surface area contributed by atoms with Crippen LogP contribution in [0, 0.1) is 0 Å². The second-order valence-electron chi connectivity index (χ2n) is 7.34. The van der Waals surface area contributed by atoms with Crippen LogP contribution in [0.4, 0.5) is 0 Å². The monoisotopic (exact) mass is 434 g/mol. The van der Waals surface area contributed by atoms with Gasteiger partial charge in [-0.25, -0.2) is 8.42 Å². The largest absolute Gasteiger partial charge is 0.376 e. The lowest BCUT2D eigenvalue weighted by atomic mass is 10.0. The molecular weight excluding hydrogens is 412 g/mol. The average Bonchev–Trinajstić information content (AvgIpc) is 3.25. The Bertz CT molecular complexity index is 1020. The van der Waals surface area contributed by atoms with E-state index in [1.165, 1.54) is 28.1 Å². The molecule has 1 atom stereocenters. The number of hydrogen-bond donors (Lipinski definition) is 1. The van der Waals surface area contributed by atoms with Gasteiger partial charge in [0.1, 0.15) is 0 Å². The molecule has 154 valence electrons. The summed E-state index contributed by atoms with van der Waals surface area (Å²) in [5.74, 6) is -0.397. The van der Waals surface area contributed by atoms with Crippen LogP contribution in [0.15, 0.2) is 47.4 Å². The van der Waals surface area contributed by atoms with E-state index >= 15 is 0 Å². The van der Waals surface area contributed by atoms with Crippen LogP contribution in [0.1, 0.15) is 34.3 Å². The number of amides is 1. The predicted molar refractivity (Wildman–Crippen MR) is 111 cm³/mol. The maximum absolute atomic E-state index is 13.2. The molecule has 6 nitrogen and oxygen atoms in total. The zero-order valence-electron chi connectivity index (χ0n) is 15.9. The van der Waals surface area contributed by atoms with Gasteiger partial charge in [-0.15, -0.1) is 0 Å². The third kappa shape index (κ3) is 4.33. The molecule has 1 saturated heterocycles. The topological polar surface area (TPSA) is 75.7 Å². The van der Waals surface area contributed by atoms with E-state index in [2.05, 4.69) is 5.32 Å². The molecule has 2 heterocycles. The molecule has 2 aromatic rings. The van der Waals surface area contributed by atoms with Gasteiger partial charge >= 0.3 is 0 Å². The number of halogens is 1. The van der Waals surface area contributed by atoms with Crippen molar-refractivity contribution < 1.29 is 17.9 Å². The number of carbonyl (C=O) groups is 1.